The van der Waals surface area contributed by atoms with Gasteiger partial charge in [-0.05, 0) is 31.2 Å². The summed E-state index contributed by atoms with van der Waals surface area (Å²) in [5.74, 6) is 0.971. The first-order valence-electron chi connectivity index (χ1n) is 7.50. The van der Waals surface area contributed by atoms with Crippen molar-refractivity contribution in [3.63, 3.8) is 0 Å². The number of hydrogen-bond donors (Lipinski definition) is 1. The van der Waals surface area contributed by atoms with Gasteiger partial charge in [-0.2, -0.15) is 0 Å². The Bertz CT molecular complexity index is 403. The zero-order chi connectivity index (χ0) is 13.9. The third-order valence-corrected chi connectivity index (χ3v) is 4.89. The van der Waals surface area contributed by atoms with E-state index < -0.39 is 6.10 Å². The molecule has 1 aliphatic heterocycles. The molecule has 0 bridgehead atoms. The van der Waals surface area contributed by atoms with Gasteiger partial charge in [0.25, 0.3) is 0 Å². The second kappa shape index (κ2) is 5.91. The number of piperidine rings is 1. The van der Waals surface area contributed by atoms with Crippen LogP contribution in [0, 0.1) is 5.41 Å². The smallest absolute Gasteiger partial charge is 0.134 e. The Morgan fingerprint density at radius 1 is 1.32 bits per heavy atom. The highest BCUT2D eigenvalue weighted by molar-refractivity contribution is 5.48. The SMILES string of the molecule is CCC1(CC)CCN(c2ncccc2[C@H](C)O)CC1. The number of pyridine rings is 1. The maximum absolute atomic E-state index is 9.86. The van der Waals surface area contributed by atoms with Crippen molar-refractivity contribution in [1.29, 1.82) is 0 Å². The highest BCUT2D eigenvalue weighted by atomic mass is 16.3. The molecule has 1 aromatic heterocycles. The largest absolute Gasteiger partial charge is 0.389 e. The fourth-order valence-corrected chi connectivity index (χ4v) is 3.15. The van der Waals surface area contributed by atoms with Crippen molar-refractivity contribution in [1.82, 2.24) is 4.98 Å². The predicted octanol–water partition coefficient (Wildman–Crippen LogP) is 3.54. The Morgan fingerprint density at radius 2 is 1.95 bits per heavy atom. The van der Waals surface area contributed by atoms with Crippen molar-refractivity contribution in [3.8, 4) is 0 Å². The van der Waals surface area contributed by atoms with Crippen LogP contribution in [0.1, 0.15) is 58.1 Å². The molecule has 1 atom stereocenters. The van der Waals surface area contributed by atoms with E-state index in [-0.39, 0.29) is 0 Å². The average molecular weight is 262 g/mol. The van der Waals surface area contributed by atoms with Gasteiger partial charge in [0.2, 0.25) is 0 Å². The Balaban J connectivity index is 2.14. The highest BCUT2D eigenvalue weighted by Gasteiger charge is 2.32. The lowest BCUT2D eigenvalue weighted by atomic mass is 9.74. The van der Waals surface area contributed by atoms with Crippen LogP contribution in [0.15, 0.2) is 18.3 Å². The van der Waals surface area contributed by atoms with Crippen LogP contribution in [0.2, 0.25) is 0 Å². The van der Waals surface area contributed by atoms with Crippen LogP contribution in [0.25, 0.3) is 0 Å². The fourth-order valence-electron chi connectivity index (χ4n) is 3.15. The lowest BCUT2D eigenvalue weighted by Crippen LogP contribution is -2.40. The summed E-state index contributed by atoms with van der Waals surface area (Å²) in [4.78, 5) is 6.83. The maximum atomic E-state index is 9.86. The van der Waals surface area contributed by atoms with E-state index >= 15 is 0 Å². The van der Waals surface area contributed by atoms with Gasteiger partial charge in [0.15, 0.2) is 0 Å². The summed E-state index contributed by atoms with van der Waals surface area (Å²) in [5.41, 5.74) is 1.47. The van der Waals surface area contributed by atoms with Crippen molar-refractivity contribution in [2.24, 2.45) is 5.41 Å². The highest BCUT2D eigenvalue weighted by Crippen LogP contribution is 2.39. The number of nitrogens with zero attached hydrogens (tertiary/aromatic N) is 2. The van der Waals surface area contributed by atoms with Gasteiger partial charge >= 0.3 is 0 Å². The van der Waals surface area contributed by atoms with Crippen LogP contribution in [-0.4, -0.2) is 23.2 Å². The van der Waals surface area contributed by atoms with Crippen molar-refractivity contribution < 1.29 is 5.11 Å². The maximum Gasteiger partial charge on any atom is 0.134 e. The summed E-state index contributed by atoms with van der Waals surface area (Å²) < 4.78 is 0. The zero-order valence-electron chi connectivity index (χ0n) is 12.4. The minimum Gasteiger partial charge on any atom is -0.389 e. The minimum absolute atomic E-state index is 0.451. The number of hydrogen-bond acceptors (Lipinski definition) is 3. The van der Waals surface area contributed by atoms with Crippen LogP contribution in [-0.2, 0) is 0 Å². The first-order valence-corrected chi connectivity index (χ1v) is 7.50. The van der Waals surface area contributed by atoms with Crippen LogP contribution in [0.3, 0.4) is 0 Å². The molecule has 0 unspecified atom stereocenters. The van der Waals surface area contributed by atoms with E-state index in [0.717, 1.165) is 24.5 Å². The van der Waals surface area contributed by atoms with Crippen molar-refractivity contribution in [2.45, 2.75) is 52.6 Å². The van der Waals surface area contributed by atoms with Crippen LogP contribution in [0.4, 0.5) is 5.82 Å². The van der Waals surface area contributed by atoms with Crippen molar-refractivity contribution in [3.05, 3.63) is 23.9 Å². The molecule has 1 fully saturated rings. The molecule has 2 rings (SSSR count). The third-order valence-electron chi connectivity index (χ3n) is 4.89. The molecule has 0 aromatic carbocycles. The molecular weight excluding hydrogens is 236 g/mol. The molecule has 0 amide bonds. The van der Waals surface area contributed by atoms with Crippen molar-refractivity contribution in [2.75, 3.05) is 18.0 Å². The topological polar surface area (TPSA) is 36.4 Å². The van der Waals surface area contributed by atoms with E-state index in [1.165, 1.54) is 25.7 Å². The molecule has 0 spiro atoms. The lowest BCUT2D eigenvalue weighted by Gasteiger charge is -2.42. The molecule has 1 saturated heterocycles. The summed E-state index contributed by atoms with van der Waals surface area (Å²) in [6.07, 6.45) is 6.37. The summed E-state index contributed by atoms with van der Waals surface area (Å²) in [6.45, 7) is 8.53. The molecule has 3 heteroatoms. The molecule has 0 radical (unpaired) electrons. The van der Waals surface area contributed by atoms with E-state index in [1.54, 1.807) is 0 Å². The molecule has 1 N–H and O–H groups in total. The second-order valence-corrected chi connectivity index (χ2v) is 5.79. The van der Waals surface area contributed by atoms with Gasteiger partial charge in [0.1, 0.15) is 5.82 Å². The van der Waals surface area contributed by atoms with E-state index in [1.807, 2.05) is 25.3 Å². The van der Waals surface area contributed by atoms with Gasteiger partial charge in [0.05, 0.1) is 6.10 Å². The van der Waals surface area contributed by atoms with Crippen molar-refractivity contribution >= 4 is 5.82 Å². The van der Waals surface area contributed by atoms with Gasteiger partial charge in [-0.3, -0.25) is 0 Å². The predicted molar refractivity (Wildman–Crippen MR) is 79.3 cm³/mol. The number of aliphatic hydroxyl groups excluding tert-OH is 1. The van der Waals surface area contributed by atoms with Crippen LogP contribution in [0.5, 0.6) is 0 Å². The minimum atomic E-state index is -0.451. The third kappa shape index (κ3) is 2.92. The summed E-state index contributed by atoms with van der Waals surface area (Å²) in [6, 6.07) is 3.88. The second-order valence-electron chi connectivity index (χ2n) is 5.79. The normalized spacial score (nSPS) is 20.3. The molecule has 19 heavy (non-hydrogen) atoms. The Morgan fingerprint density at radius 3 is 2.47 bits per heavy atom. The van der Waals surface area contributed by atoms with Gasteiger partial charge < -0.3 is 10.0 Å². The Hall–Kier alpha value is -1.09. The number of anilines is 1. The molecule has 1 aromatic rings. The molecule has 0 aliphatic carbocycles. The lowest BCUT2D eigenvalue weighted by molar-refractivity contribution is 0.192. The molecular formula is C16H26N2O. The summed E-state index contributed by atoms with van der Waals surface area (Å²) in [7, 11) is 0. The summed E-state index contributed by atoms with van der Waals surface area (Å²) in [5, 5.41) is 9.86. The number of rotatable bonds is 4. The first-order chi connectivity index (χ1) is 9.12. The Labute approximate surface area is 116 Å². The first kappa shape index (κ1) is 14.3. The van der Waals surface area contributed by atoms with E-state index in [4.69, 9.17) is 0 Å². The monoisotopic (exact) mass is 262 g/mol. The molecule has 0 saturated carbocycles. The molecule has 1 aliphatic rings. The van der Waals surface area contributed by atoms with Gasteiger partial charge in [-0.1, -0.05) is 32.8 Å². The van der Waals surface area contributed by atoms with E-state index in [9.17, 15) is 5.11 Å². The fraction of sp³-hybridized carbons (Fsp3) is 0.688. The van der Waals surface area contributed by atoms with Gasteiger partial charge in [-0.25, -0.2) is 4.98 Å². The quantitative estimate of drug-likeness (QED) is 0.901. The number of aliphatic hydroxyl groups is 1. The van der Waals surface area contributed by atoms with E-state index in [0.29, 0.717) is 5.41 Å². The molecule has 3 nitrogen and oxygen atoms in total. The molecule has 2 heterocycles. The zero-order valence-corrected chi connectivity index (χ0v) is 12.4. The van der Waals surface area contributed by atoms with Crippen LogP contribution < -0.4 is 4.90 Å². The number of aromatic nitrogens is 1. The average Bonchev–Trinajstić information content (AvgIpc) is 2.47. The standard InChI is InChI=1S/C16H26N2O/c1-4-16(5-2)8-11-18(12-9-16)15-14(13(3)19)7-6-10-17-15/h6-7,10,13,19H,4-5,8-9,11-12H2,1-3H3/t13-/m0/s1. The van der Waals surface area contributed by atoms with Crippen LogP contribution >= 0.6 is 0 Å². The van der Waals surface area contributed by atoms with Gasteiger partial charge in [0, 0.05) is 24.8 Å². The summed E-state index contributed by atoms with van der Waals surface area (Å²) >= 11 is 0. The molecule has 106 valence electrons. The van der Waals surface area contributed by atoms with Gasteiger partial charge in [-0.15, -0.1) is 0 Å². The van der Waals surface area contributed by atoms with E-state index in [2.05, 4.69) is 23.7 Å². The Kier molecular flexibility index (Phi) is 4.46.